The lowest BCUT2D eigenvalue weighted by Gasteiger charge is -2.46. The molecule has 0 saturated carbocycles. The fraction of sp³-hybridized carbons (Fsp3) is 0.500. The highest BCUT2D eigenvalue weighted by Crippen LogP contribution is 2.45. The zero-order valence-corrected chi connectivity index (χ0v) is 47.1. The number of likely N-dealkylation sites (N-methyl/N-ethyl adjacent to an activating group) is 2. The Labute approximate surface area is 448 Å². The Hall–Kier alpha value is -5.16. The highest BCUT2D eigenvalue weighted by atomic mass is 79.9. The van der Waals surface area contributed by atoms with Crippen LogP contribution in [0.4, 0.5) is 0 Å². The fourth-order valence-electron chi connectivity index (χ4n) is 10.3. The van der Waals surface area contributed by atoms with Gasteiger partial charge in [-0.1, -0.05) is 24.3 Å². The number of hydrogen-bond acceptors (Lipinski definition) is 12. The Morgan fingerprint density at radius 1 is 0.486 bits per heavy atom. The Morgan fingerprint density at radius 2 is 0.819 bits per heavy atom. The van der Waals surface area contributed by atoms with E-state index >= 15 is 0 Å². The molecule has 16 heteroatoms. The lowest BCUT2D eigenvalue weighted by Crippen LogP contribution is -3.00. The van der Waals surface area contributed by atoms with E-state index in [1.54, 1.807) is 56.9 Å². The van der Waals surface area contributed by atoms with Crippen LogP contribution in [0.25, 0.3) is 0 Å². The molecule has 0 unspecified atom stereocenters. The van der Waals surface area contributed by atoms with Gasteiger partial charge in [0.25, 0.3) is 0 Å². The first-order chi connectivity index (χ1) is 33.9. The molecule has 0 N–H and O–H groups in total. The van der Waals surface area contributed by atoms with E-state index in [0.29, 0.717) is 60.6 Å². The fourth-order valence-corrected chi connectivity index (χ4v) is 10.3. The van der Waals surface area contributed by atoms with Gasteiger partial charge in [-0.25, -0.2) is 0 Å². The zero-order valence-electron chi connectivity index (χ0n) is 43.9. The molecule has 14 nitrogen and oxygen atoms in total. The number of allylic oxidation sites excluding steroid dienone is 2. The van der Waals surface area contributed by atoms with E-state index in [1.165, 1.54) is 22.3 Å². The molecule has 2 aliphatic rings. The number of fused-ring (bicyclic) bond motifs is 2. The normalized spacial score (nSPS) is 18.8. The van der Waals surface area contributed by atoms with E-state index in [2.05, 4.69) is 62.6 Å². The molecule has 4 atom stereocenters. The van der Waals surface area contributed by atoms with Crippen molar-refractivity contribution in [3.05, 3.63) is 106 Å². The van der Waals surface area contributed by atoms with Crippen LogP contribution in [0.3, 0.4) is 0 Å². The molecule has 0 aromatic heterocycles. The van der Waals surface area contributed by atoms with E-state index in [9.17, 15) is 9.59 Å². The monoisotopic (exact) mass is 1130 g/mol. The second-order valence-corrected chi connectivity index (χ2v) is 18.7. The molecule has 0 radical (unpaired) electrons. The van der Waals surface area contributed by atoms with Crippen LogP contribution in [-0.4, -0.2) is 131 Å². The number of benzene rings is 4. The van der Waals surface area contributed by atoms with E-state index in [0.717, 1.165) is 96.3 Å². The molecular formula is C56H76Br2N2O12. The van der Waals surface area contributed by atoms with E-state index in [1.807, 2.05) is 24.3 Å². The summed E-state index contributed by atoms with van der Waals surface area (Å²) in [5.41, 5.74) is 7.24. The standard InChI is InChI=1S/C56H76N2O12.2BrH/c1-57(27-23-41-35-51(65-7)53(67-9)37-43(41)45(57)31-39-19-21-47(61-3)49(33-39)63-5)25-15-29-69-55(59)17-13-11-12-14-18-56(60)70-30-16-26-58(2)28-24-42-36-52(66-8)54(68-10)38-44(42)46(58)32-40-20-22-48(62-4)50(34-40)64-6;;/h11-12,19-22,33-38,45-46H,13-18,23-32H2,1-10H3;2*1H/q+2;;/p-2/b12-11+;;/t45-,46+,57+,58-;;. The largest absolute Gasteiger partial charge is 1.00 e. The highest BCUT2D eigenvalue weighted by Gasteiger charge is 2.41. The molecule has 0 fully saturated rings. The predicted octanol–water partition coefficient (Wildman–Crippen LogP) is 3.02. The molecule has 2 aliphatic heterocycles. The molecule has 4 aromatic rings. The number of hydrogen-bond donors (Lipinski definition) is 0. The average Bonchev–Trinajstić information content (AvgIpc) is 3.38. The average molecular weight is 1130 g/mol. The van der Waals surface area contributed by atoms with Gasteiger partial charge in [0, 0.05) is 62.5 Å². The maximum atomic E-state index is 12.8. The Morgan fingerprint density at radius 3 is 1.17 bits per heavy atom. The van der Waals surface area contributed by atoms with Crippen molar-refractivity contribution in [3.8, 4) is 46.0 Å². The molecule has 72 heavy (non-hydrogen) atoms. The summed E-state index contributed by atoms with van der Waals surface area (Å²) < 4.78 is 58.1. The second kappa shape index (κ2) is 28.3. The smallest absolute Gasteiger partial charge is 0.306 e. The lowest BCUT2D eigenvalue weighted by molar-refractivity contribution is -0.941. The predicted molar refractivity (Wildman–Crippen MR) is 269 cm³/mol. The summed E-state index contributed by atoms with van der Waals surface area (Å²) in [6.07, 6.45) is 10.3. The third-order valence-electron chi connectivity index (χ3n) is 14.4. The van der Waals surface area contributed by atoms with Crippen molar-refractivity contribution in [1.29, 1.82) is 0 Å². The quantitative estimate of drug-likeness (QED) is 0.0398. The van der Waals surface area contributed by atoms with E-state index < -0.39 is 0 Å². The van der Waals surface area contributed by atoms with E-state index in [-0.39, 0.29) is 70.8 Å². The van der Waals surface area contributed by atoms with Crippen molar-refractivity contribution in [2.45, 2.75) is 76.3 Å². The molecule has 0 spiro atoms. The number of rotatable bonds is 26. The number of ether oxygens (including phenoxy) is 10. The summed E-state index contributed by atoms with van der Waals surface area (Å²) in [5.74, 6) is 5.19. The van der Waals surface area contributed by atoms with Crippen LogP contribution < -0.4 is 71.9 Å². The molecular weight excluding hydrogens is 1050 g/mol. The van der Waals surface area contributed by atoms with Gasteiger partial charge in [0.05, 0.1) is 110 Å². The van der Waals surface area contributed by atoms with Crippen molar-refractivity contribution in [3.63, 3.8) is 0 Å². The minimum atomic E-state index is -0.229. The van der Waals surface area contributed by atoms with E-state index in [4.69, 9.17) is 47.4 Å². The van der Waals surface area contributed by atoms with Crippen LogP contribution in [0, 0.1) is 0 Å². The summed E-state index contributed by atoms with van der Waals surface area (Å²) in [4.78, 5) is 25.6. The molecule has 0 saturated heterocycles. The van der Waals surface area contributed by atoms with Gasteiger partial charge in [0.2, 0.25) is 0 Å². The Balaban J connectivity index is 0.00000562. The number of esters is 2. The summed E-state index contributed by atoms with van der Waals surface area (Å²) in [5, 5.41) is 0. The molecule has 396 valence electrons. The zero-order chi connectivity index (χ0) is 50.3. The number of nitrogens with zero attached hydrogens (tertiary/aromatic N) is 2. The first-order valence-electron chi connectivity index (χ1n) is 24.4. The first-order valence-corrected chi connectivity index (χ1v) is 24.4. The van der Waals surface area contributed by atoms with Crippen molar-refractivity contribution in [2.75, 3.05) is 110 Å². The number of carbonyl (C=O) groups is 2. The number of quaternary nitrogens is 2. The molecule has 0 aliphatic carbocycles. The summed E-state index contributed by atoms with van der Waals surface area (Å²) in [7, 11) is 17.8. The minimum Gasteiger partial charge on any atom is -1.00 e. The first kappa shape index (κ1) is 59.4. The van der Waals surface area contributed by atoms with Crippen molar-refractivity contribution in [2.24, 2.45) is 0 Å². The summed E-state index contributed by atoms with van der Waals surface area (Å²) in [6.45, 7) is 4.20. The van der Waals surface area contributed by atoms with Gasteiger partial charge >= 0.3 is 11.9 Å². The SMILES string of the molecule is COc1ccc(C[C@@H]2c3cc(OC)c(OC)cc3CC[N@+]2(C)CCCOC(=O)CC/C=C/CCC(=O)OCCC[N@+]2(C)CCc3cc(OC)c(OC)cc3[C@@H]2Cc2ccc(OC)c(OC)c2)cc1OC.[Br-].[Br-]. The topological polar surface area (TPSA) is 126 Å². The van der Waals surface area contributed by atoms with Crippen molar-refractivity contribution < 1.29 is 99.9 Å². The van der Waals surface area contributed by atoms with Gasteiger partial charge in [-0.2, -0.15) is 0 Å². The summed E-state index contributed by atoms with van der Waals surface area (Å²) in [6, 6.07) is 20.9. The van der Waals surface area contributed by atoms with Gasteiger partial charge in [0.1, 0.15) is 12.1 Å². The maximum absolute atomic E-state index is 12.8. The van der Waals surface area contributed by atoms with Crippen LogP contribution in [0.1, 0.15) is 84.0 Å². The van der Waals surface area contributed by atoms with Gasteiger partial charge in [-0.05, 0) is 83.6 Å². The molecule has 4 aromatic carbocycles. The number of methoxy groups -OCH3 is 8. The Bertz CT molecular complexity index is 2270. The lowest BCUT2D eigenvalue weighted by atomic mass is 9.86. The molecule has 0 amide bonds. The van der Waals surface area contributed by atoms with Gasteiger partial charge < -0.3 is 90.3 Å². The highest BCUT2D eigenvalue weighted by molar-refractivity contribution is 5.70. The van der Waals surface area contributed by atoms with Crippen LogP contribution >= 0.6 is 0 Å². The molecule has 2 heterocycles. The van der Waals surface area contributed by atoms with Crippen LogP contribution in [0.5, 0.6) is 46.0 Å². The maximum Gasteiger partial charge on any atom is 0.306 e. The van der Waals surface area contributed by atoms with Crippen molar-refractivity contribution in [1.82, 2.24) is 0 Å². The van der Waals surface area contributed by atoms with Crippen molar-refractivity contribution >= 4 is 11.9 Å². The molecule has 0 bridgehead atoms. The van der Waals surface area contributed by atoms with Crippen LogP contribution in [0.15, 0.2) is 72.8 Å². The number of halogens is 2. The van der Waals surface area contributed by atoms with Gasteiger partial charge in [0.15, 0.2) is 46.0 Å². The third kappa shape index (κ3) is 14.8. The van der Waals surface area contributed by atoms with Crippen LogP contribution in [0.2, 0.25) is 0 Å². The van der Waals surface area contributed by atoms with Gasteiger partial charge in [-0.3, -0.25) is 9.59 Å². The molecule has 6 rings (SSSR count). The summed E-state index contributed by atoms with van der Waals surface area (Å²) >= 11 is 0. The number of carbonyl (C=O) groups excluding carboxylic acids is 2. The van der Waals surface area contributed by atoms with Crippen LogP contribution in [-0.2, 0) is 44.7 Å². The van der Waals surface area contributed by atoms with Gasteiger partial charge in [-0.15, -0.1) is 0 Å². The second-order valence-electron chi connectivity index (χ2n) is 18.7. The minimum absolute atomic E-state index is 0. The third-order valence-corrected chi connectivity index (χ3v) is 14.4. The Kier molecular flexibility index (Phi) is 23.4.